The van der Waals surface area contributed by atoms with Crippen LogP contribution in [-0.2, 0) is 19.2 Å². The molecule has 0 aliphatic heterocycles. The zero-order chi connectivity index (χ0) is 24.8. The summed E-state index contributed by atoms with van der Waals surface area (Å²) in [6.45, 7) is 13.6. The Balaban J connectivity index is -0.000000106. The monoisotopic (exact) mass is 442 g/mol. The highest BCUT2D eigenvalue weighted by Gasteiger charge is 1.88. The fourth-order valence-electron chi connectivity index (χ4n) is 1.17. The van der Waals surface area contributed by atoms with E-state index in [2.05, 4.69) is 22.9 Å². The third-order valence-corrected chi connectivity index (χ3v) is 1.93. The average molecular weight is 443 g/mol. The van der Waals surface area contributed by atoms with Crippen LogP contribution < -0.4 is 21.7 Å². The standard InChI is InChI=1S/C10H26N4.4C2H4O2/c1-2-5-12-9-10-14-7-3-6-13-8-4-11;4*1-2(3)4/h12-14H,2-11H2,1H3;4*1H3,(H,3,4). The van der Waals surface area contributed by atoms with Gasteiger partial charge in [-0.25, -0.2) is 0 Å². The highest BCUT2D eigenvalue weighted by molar-refractivity contribution is 5.63. The first-order valence-electron chi connectivity index (χ1n) is 9.45. The van der Waals surface area contributed by atoms with E-state index < -0.39 is 23.9 Å². The Kier molecular flexibility index (Phi) is 47.9. The lowest BCUT2D eigenvalue weighted by Gasteiger charge is -2.06. The lowest BCUT2D eigenvalue weighted by molar-refractivity contribution is -0.135. The summed E-state index contributed by atoms with van der Waals surface area (Å²) in [7, 11) is 0. The van der Waals surface area contributed by atoms with Gasteiger partial charge in [-0.15, -0.1) is 0 Å². The maximum atomic E-state index is 9.00. The molecule has 0 radical (unpaired) electrons. The van der Waals surface area contributed by atoms with Crippen molar-refractivity contribution in [3.63, 3.8) is 0 Å². The average Bonchev–Trinajstić information content (AvgIpc) is 2.54. The fourth-order valence-corrected chi connectivity index (χ4v) is 1.17. The topological polar surface area (TPSA) is 211 Å². The summed E-state index contributed by atoms with van der Waals surface area (Å²) in [6, 6.07) is 0. The molecule has 0 aliphatic rings. The number of aliphatic carboxylic acids is 4. The molecule has 0 aromatic rings. The van der Waals surface area contributed by atoms with E-state index in [0.717, 1.165) is 73.5 Å². The van der Waals surface area contributed by atoms with E-state index in [0.29, 0.717) is 0 Å². The largest absolute Gasteiger partial charge is 0.481 e. The number of hydrogen-bond donors (Lipinski definition) is 8. The maximum absolute atomic E-state index is 9.00. The minimum Gasteiger partial charge on any atom is -0.481 e. The Morgan fingerprint density at radius 2 is 0.867 bits per heavy atom. The molecule has 0 aliphatic carbocycles. The smallest absolute Gasteiger partial charge is 0.300 e. The summed E-state index contributed by atoms with van der Waals surface area (Å²) < 4.78 is 0. The van der Waals surface area contributed by atoms with E-state index in [4.69, 9.17) is 45.3 Å². The second kappa shape index (κ2) is 37.5. The SMILES string of the molecule is CC(=O)O.CC(=O)O.CC(=O)O.CC(=O)O.CCCNCCNCCCNCCN. The lowest BCUT2D eigenvalue weighted by atomic mass is 10.4. The molecule has 0 bridgehead atoms. The van der Waals surface area contributed by atoms with Crippen molar-refractivity contribution in [2.24, 2.45) is 5.73 Å². The third-order valence-electron chi connectivity index (χ3n) is 1.93. The van der Waals surface area contributed by atoms with Gasteiger partial charge in [0, 0.05) is 53.9 Å². The summed E-state index contributed by atoms with van der Waals surface area (Å²) in [6.07, 6.45) is 2.39. The molecule has 0 aromatic heterocycles. The molecule has 0 amide bonds. The predicted octanol–water partition coefficient (Wildman–Crippen LogP) is -0.122. The minimum absolute atomic E-state index is 0.731. The summed E-state index contributed by atoms with van der Waals surface area (Å²) in [5, 5.41) is 39.7. The number of hydrogen-bond acceptors (Lipinski definition) is 8. The fraction of sp³-hybridized carbons (Fsp3) is 0.778. The zero-order valence-corrected chi connectivity index (χ0v) is 18.9. The van der Waals surface area contributed by atoms with E-state index in [1.807, 2.05) is 0 Å². The number of carbonyl (C=O) groups is 4. The van der Waals surface area contributed by atoms with Crippen molar-refractivity contribution in [1.29, 1.82) is 0 Å². The molecule has 0 aromatic carbocycles. The molecule has 12 nitrogen and oxygen atoms in total. The number of nitrogens with two attached hydrogens (primary N) is 1. The molecule has 9 N–H and O–H groups in total. The van der Waals surface area contributed by atoms with Gasteiger partial charge in [0.25, 0.3) is 23.9 Å². The first kappa shape index (κ1) is 38.3. The molecule has 0 unspecified atom stereocenters. The molecule has 0 rings (SSSR count). The number of nitrogens with one attached hydrogen (secondary N) is 3. The van der Waals surface area contributed by atoms with Gasteiger partial charge in [-0.3, -0.25) is 19.2 Å². The first-order valence-corrected chi connectivity index (χ1v) is 9.45. The van der Waals surface area contributed by atoms with Gasteiger partial charge < -0.3 is 42.1 Å². The summed E-state index contributed by atoms with van der Waals surface area (Å²) in [4.78, 5) is 36.0. The Morgan fingerprint density at radius 3 is 1.13 bits per heavy atom. The highest BCUT2D eigenvalue weighted by atomic mass is 16.4. The van der Waals surface area contributed by atoms with Crippen molar-refractivity contribution in [3.8, 4) is 0 Å². The molecule has 0 fully saturated rings. The quantitative estimate of drug-likeness (QED) is 0.197. The molecule has 0 saturated carbocycles. The van der Waals surface area contributed by atoms with Crippen molar-refractivity contribution in [2.45, 2.75) is 47.5 Å². The van der Waals surface area contributed by atoms with Crippen molar-refractivity contribution in [3.05, 3.63) is 0 Å². The minimum atomic E-state index is -0.833. The lowest BCUT2D eigenvalue weighted by Crippen LogP contribution is -2.30. The first-order chi connectivity index (χ1) is 13.8. The number of carboxylic acids is 4. The van der Waals surface area contributed by atoms with Gasteiger partial charge in [0.2, 0.25) is 0 Å². The van der Waals surface area contributed by atoms with Crippen LogP contribution in [0.4, 0.5) is 0 Å². The molecule has 0 spiro atoms. The second-order valence-corrected chi connectivity index (χ2v) is 5.47. The summed E-state index contributed by atoms with van der Waals surface area (Å²) in [5.41, 5.74) is 5.35. The normalized spacial score (nSPS) is 8.33. The molecule has 182 valence electrons. The summed E-state index contributed by atoms with van der Waals surface area (Å²) >= 11 is 0. The van der Waals surface area contributed by atoms with Crippen LogP contribution in [0.3, 0.4) is 0 Å². The molecule has 0 atom stereocenters. The van der Waals surface area contributed by atoms with Gasteiger partial charge in [-0.1, -0.05) is 6.92 Å². The molecular formula is C18H42N4O8. The van der Waals surface area contributed by atoms with Crippen LogP contribution in [-0.4, -0.2) is 90.1 Å². The van der Waals surface area contributed by atoms with Crippen molar-refractivity contribution in [2.75, 3.05) is 45.8 Å². The molecule has 30 heavy (non-hydrogen) atoms. The zero-order valence-electron chi connectivity index (χ0n) is 18.9. The highest BCUT2D eigenvalue weighted by Crippen LogP contribution is 1.73. The van der Waals surface area contributed by atoms with Crippen LogP contribution in [0.1, 0.15) is 47.5 Å². The number of rotatable bonds is 11. The second-order valence-electron chi connectivity index (χ2n) is 5.47. The van der Waals surface area contributed by atoms with Crippen molar-refractivity contribution in [1.82, 2.24) is 16.0 Å². The molecule has 0 saturated heterocycles. The molecular weight excluding hydrogens is 400 g/mol. The Morgan fingerprint density at radius 1 is 0.600 bits per heavy atom. The third kappa shape index (κ3) is 207. The maximum Gasteiger partial charge on any atom is 0.300 e. The van der Waals surface area contributed by atoms with E-state index in [1.165, 1.54) is 12.8 Å². The van der Waals surface area contributed by atoms with Crippen LogP contribution in [0.15, 0.2) is 0 Å². The van der Waals surface area contributed by atoms with Crippen LogP contribution >= 0.6 is 0 Å². The van der Waals surface area contributed by atoms with Crippen LogP contribution in [0.25, 0.3) is 0 Å². The van der Waals surface area contributed by atoms with Crippen LogP contribution in [0.5, 0.6) is 0 Å². The van der Waals surface area contributed by atoms with Crippen LogP contribution in [0.2, 0.25) is 0 Å². The van der Waals surface area contributed by atoms with Crippen molar-refractivity contribution >= 4 is 23.9 Å². The van der Waals surface area contributed by atoms with Crippen molar-refractivity contribution < 1.29 is 39.6 Å². The van der Waals surface area contributed by atoms with Gasteiger partial charge in [0.05, 0.1) is 0 Å². The van der Waals surface area contributed by atoms with E-state index in [9.17, 15) is 0 Å². The van der Waals surface area contributed by atoms with E-state index >= 15 is 0 Å². The Labute approximate surface area is 179 Å². The number of carboxylic acid groups (broad SMARTS) is 4. The van der Waals surface area contributed by atoms with E-state index in [1.54, 1.807) is 0 Å². The molecule has 12 heteroatoms. The Hall–Kier alpha value is -2.28. The van der Waals surface area contributed by atoms with Gasteiger partial charge in [0.15, 0.2) is 0 Å². The Bertz CT molecular complexity index is 320. The predicted molar refractivity (Wildman–Crippen MR) is 116 cm³/mol. The van der Waals surface area contributed by atoms with E-state index in [-0.39, 0.29) is 0 Å². The van der Waals surface area contributed by atoms with Gasteiger partial charge in [0.1, 0.15) is 0 Å². The van der Waals surface area contributed by atoms with Crippen LogP contribution in [0, 0.1) is 0 Å². The van der Waals surface area contributed by atoms with Gasteiger partial charge in [-0.05, 0) is 32.5 Å². The van der Waals surface area contributed by atoms with Gasteiger partial charge in [-0.2, -0.15) is 0 Å². The van der Waals surface area contributed by atoms with Gasteiger partial charge >= 0.3 is 0 Å². The summed E-state index contributed by atoms with van der Waals surface area (Å²) in [5.74, 6) is -3.33. The molecule has 0 heterocycles.